The number of H-pyrrole nitrogens is 1. The van der Waals surface area contributed by atoms with Gasteiger partial charge >= 0.3 is 0 Å². The molecule has 0 bridgehead atoms. The second kappa shape index (κ2) is 7.90. The van der Waals surface area contributed by atoms with E-state index in [9.17, 15) is 9.59 Å². The minimum Gasteiger partial charge on any atom is -0.352 e. The average molecular weight is 405 g/mol. The van der Waals surface area contributed by atoms with Crippen LogP contribution in [0.25, 0.3) is 10.6 Å². The van der Waals surface area contributed by atoms with Crippen LogP contribution < -0.4 is 10.6 Å². The number of carbonyl (C=O) groups is 2. The van der Waals surface area contributed by atoms with Gasteiger partial charge in [0.15, 0.2) is 5.13 Å². The lowest BCUT2D eigenvalue weighted by Gasteiger charge is -2.01. The van der Waals surface area contributed by atoms with Crippen molar-refractivity contribution in [3.8, 4) is 10.6 Å². The monoisotopic (exact) mass is 404 g/mol. The Morgan fingerprint density at radius 1 is 1.27 bits per heavy atom. The molecule has 3 aromatic heterocycles. The number of amides is 2. The summed E-state index contributed by atoms with van der Waals surface area (Å²) in [6, 6.07) is 7.34. The molecule has 0 fully saturated rings. The van der Waals surface area contributed by atoms with Crippen LogP contribution in [0, 0.1) is 11.6 Å². The first kappa shape index (κ1) is 18.4. The van der Waals surface area contributed by atoms with Crippen molar-refractivity contribution in [2.75, 3.05) is 5.32 Å². The number of rotatable bonds is 5. The third kappa shape index (κ3) is 4.24. The molecule has 0 radical (unpaired) electrons. The number of aryl methyl sites for hydroxylation is 1. The average Bonchev–Trinajstić information content (AvgIpc) is 3.19. The highest BCUT2D eigenvalue weighted by Crippen LogP contribution is 2.34. The van der Waals surface area contributed by atoms with Gasteiger partial charge in [0.1, 0.15) is 4.64 Å². The summed E-state index contributed by atoms with van der Waals surface area (Å²) in [6.07, 6.45) is 1.68. The van der Waals surface area contributed by atoms with Gasteiger partial charge in [-0.1, -0.05) is 12.2 Å². The van der Waals surface area contributed by atoms with E-state index in [1.807, 2.05) is 19.1 Å². The molecule has 6 nitrogen and oxygen atoms in total. The van der Waals surface area contributed by atoms with E-state index in [1.54, 1.807) is 29.7 Å². The van der Waals surface area contributed by atoms with Crippen molar-refractivity contribution >= 4 is 51.8 Å². The predicted molar refractivity (Wildman–Crippen MR) is 107 cm³/mol. The van der Waals surface area contributed by atoms with Crippen LogP contribution in [0.1, 0.15) is 27.0 Å². The van der Waals surface area contributed by atoms with Crippen LogP contribution in [-0.2, 0) is 11.3 Å². The van der Waals surface area contributed by atoms with Crippen molar-refractivity contribution in [3.63, 3.8) is 0 Å². The number of thiophene rings is 1. The zero-order chi connectivity index (χ0) is 18.7. The molecule has 3 rings (SSSR count). The lowest BCUT2D eigenvalue weighted by atomic mass is 10.3. The fourth-order valence-corrected chi connectivity index (χ4v) is 4.37. The maximum atomic E-state index is 12.4. The summed E-state index contributed by atoms with van der Waals surface area (Å²) >= 11 is 8.12. The molecule has 2 amide bonds. The van der Waals surface area contributed by atoms with E-state index in [1.165, 1.54) is 18.3 Å². The van der Waals surface area contributed by atoms with Gasteiger partial charge in [0.05, 0.1) is 22.7 Å². The number of aromatic nitrogens is 2. The molecule has 3 N–H and O–H groups in total. The van der Waals surface area contributed by atoms with Gasteiger partial charge < -0.3 is 10.3 Å². The van der Waals surface area contributed by atoms with Crippen LogP contribution in [0.5, 0.6) is 0 Å². The zero-order valence-electron chi connectivity index (χ0n) is 14.1. The summed E-state index contributed by atoms with van der Waals surface area (Å²) < 4.78 is 0.388. The van der Waals surface area contributed by atoms with E-state index in [-0.39, 0.29) is 11.8 Å². The highest BCUT2D eigenvalue weighted by Gasteiger charge is 2.15. The smallest absolute Gasteiger partial charge is 0.260 e. The van der Waals surface area contributed by atoms with Gasteiger partial charge in [0.2, 0.25) is 5.91 Å². The molecule has 0 aliphatic heterocycles. The Kier molecular flexibility index (Phi) is 5.60. The standard InChI is InChI=1S/C17H16N4O2S3/c1-9-14(13-6-5-11(26-13)8-19-10(2)22)20-17(25-9)21-15(23)12-4-3-7-18-16(12)24/h3-7H,8H2,1-2H3,(H,18,24)(H,19,22)(H,20,21,23). The maximum Gasteiger partial charge on any atom is 0.260 e. The van der Waals surface area contributed by atoms with Crippen LogP contribution >= 0.6 is 34.9 Å². The molecule has 0 spiro atoms. The van der Waals surface area contributed by atoms with Crippen molar-refractivity contribution in [3.05, 3.63) is 50.4 Å². The summed E-state index contributed by atoms with van der Waals surface area (Å²) in [4.78, 5) is 33.8. The number of pyridine rings is 1. The third-order valence-corrected chi connectivity index (χ3v) is 5.80. The summed E-state index contributed by atoms with van der Waals surface area (Å²) in [5.41, 5.74) is 1.24. The van der Waals surface area contributed by atoms with Crippen LogP contribution in [0.4, 0.5) is 5.13 Å². The summed E-state index contributed by atoms with van der Waals surface area (Å²) in [5, 5.41) is 6.11. The summed E-state index contributed by atoms with van der Waals surface area (Å²) in [6.45, 7) is 3.95. The Balaban J connectivity index is 1.77. The normalized spacial score (nSPS) is 10.5. The van der Waals surface area contributed by atoms with Gasteiger partial charge in [0.25, 0.3) is 5.91 Å². The van der Waals surface area contributed by atoms with Gasteiger partial charge in [-0.05, 0) is 31.2 Å². The molecule has 0 aliphatic rings. The molecule has 0 aromatic carbocycles. The van der Waals surface area contributed by atoms with Crippen molar-refractivity contribution in [1.82, 2.24) is 15.3 Å². The van der Waals surface area contributed by atoms with Crippen LogP contribution in [0.2, 0.25) is 0 Å². The lowest BCUT2D eigenvalue weighted by Crippen LogP contribution is -2.17. The van der Waals surface area contributed by atoms with Gasteiger partial charge in [-0.3, -0.25) is 14.9 Å². The van der Waals surface area contributed by atoms with Crippen molar-refractivity contribution in [2.24, 2.45) is 0 Å². The van der Waals surface area contributed by atoms with Crippen molar-refractivity contribution in [1.29, 1.82) is 0 Å². The third-order valence-electron chi connectivity index (χ3n) is 3.49. The van der Waals surface area contributed by atoms with Crippen LogP contribution in [0.3, 0.4) is 0 Å². The first-order valence-corrected chi connectivity index (χ1v) is 9.78. The van der Waals surface area contributed by atoms with Crippen LogP contribution in [-0.4, -0.2) is 21.8 Å². The molecule has 0 saturated carbocycles. The molecule has 0 aliphatic carbocycles. The molecular formula is C17H16N4O2S3. The SMILES string of the molecule is CC(=O)NCc1ccc(-c2nc(NC(=O)c3ccc[nH]c3=S)sc2C)s1. The molecular weight excluding hydrogens is 388 g/mol. The fraction of sp³-hybridized carbons (Fsp3) is 0.176. The number of carbonyl (C=O) groups excluding carboxylic acids is 2. The molecule has 0 unspecified atom stereocenters. The maximum absolute atomic E-state index is 12.4. The van der Waals surface area contributed by atoms with Crippen LogP contribution in [0.15, 0.2) is 30.5 Å². The van der Waals surface area contributed by atoms with Gasteiger partial charge in [-0.2, -0.15) is 0 Å². The van der Waals surface area contributed by atoms with Crippen molar-refractivity contribution < 1.29 is 9.59 Å². The minimum absolute atomic E-state index is 0.0611. The lowest BCUT2D eigenvalue weighted by molar-refractivity contribution is -0.119. The first-order valence-electron chi connectivity index (χ1n) is 7.74. The summed E-state index contributed by atoms with van der Waals surface area (Å²) in [5.74, 6) is -0.348. The second-order valence-electron chi connectivity index (χ2n) is 5.47. The topological polar surface area (TPSA) is 86.9 Å². The summed E-state index contributed by atoms with van der Waals surface area (Å²) in [7, 11) is 0. The minimum atomic E-state index is -0.287. The Morgan fingerprint density at radius 3 is 2.81 bits per heavy atom. The van der Waals surface area contributed by atoms with E-state index in [2.05, 4.69) is 20.6 Å². The van der Waals surface area contributed by atoms with Gasteiger partial charge in [-0.25, -0.2) is 4.98 Å². The highest BCUT2D eigenvalue weighted by atomic mass is 32.1. The Labute approximate surface area is 163 Å². The quantitative estimate of drug-likeness (QED) is 0.558. The molecule has 0 atom stereocenters. The molecule has 3 aromatic rings. The van der Waals surface area contributed by atoms with Gasteiger partial charge in [-0.15, -0.1) is 22.7 Å². The molecule has 134 valence electrons. The molecule has 3 heterocycles. The fourth-order valence-electron chi connectivity index (χ4n) is 2.26. The number of thiazole rings is 1. The van der Waals surface area contributed by atoms with Crippen molar-refractivity contribution in [2.45, 2.75) is 20.4 Å². The number of hydrogen-bond acceptors (Lipinski definition) is 6. The Morgan fingerprint density at radius 2 is 2.08 bits per heavy atom. The molecule has 26 heavy (non-hydrogen) atoms. The first-order chi connectivity index (χ1) is 12.4. The number of anilines is 1. The molecule has 9 heteroatoms. The van der Waals surface area contributed by atoms with E-state index in [0.717, 1.165) is 20.3 Å². The second-order valence-corrected chi connectivity index (χ2v) is 8.25. The Hall–Kier alpha value is -2.36. The Bertz CT molecular complexity index is 1020. The van der Waals surface area contributed by atoms with E-state index < -0.39 is 0 Å². The highest BCUT2D eigenvalue weighted by molar-refractivity contribution is 7.71. The van der Waals surface area contributed by atoms with E-state index in [4.69, 9.17) is 12.2 Å². The van der Waals surface area contributed by atoms with E-state index in [0.29, 0.717) is 21.9 Å². The number of aromatic amines is 1. The zero-order valence-corrected chi connectivity index (χ0v) is 16.5. The largest absolute Gasteiger partial charge is 0.352 e. The number of nitrogens with zero attached hydrogens (tertiary/aromatic N) is 1. The predicted octanol–water partition coefficient (Wildman–Crippen LogP) is 4.13. The number of hydrogen-bond donors (Lipinski definition) is 3. The van der Waals surface area contributed by atoms with Gasteiger partial charge in [0, 0.05) is 22.9 Å². The van der Waals surface area contributed by atoms with E-state index >= 15 is 0 Å². The molecule has 0 saturated heterocycles. The number of nitrogens with one attached hydrogen (secondary N) is 3.